The van der Waals surface area contributed by atoms with Crippen LogP contribution < -0.4 is 10.6 Å². The lowest BCUT2D eigenvalue weighted by atomic mass is 10.2. The first-order valence-electron chi connectivity index (χ1n) is 7.76. The van der Waals surface area contributed by atoms with Crippen molar-refractivity contribution in [2.75, 3.05) is 31.1 Å². The molecule has 0 aromatic carbocycles. The van der Waals surface area contributed by atoms with Crippen LogP contribution in [0, 0.1) is 0 Å². The number of nitrogens with zero attached hydrogens (tertiary/aromatic N) is 1. The van der Waals surface area contributed by atoms with Gasteiger partial charge in [-0.2, -0.15) is 0 Å². The Hall–Kier alpha value is -1.51. The summed E-state index contributed by atoms with van der Waals surface area (Å²) in [6.45, 7) is 8.03. The molecule has 1 fully saturated rings. The Labute approximate surface area is 137 Å². The van der Waals surface area contributed by atoms with Gasteiger partial charge in [0.05, 0.1) is 11.5 Å². The number of urea groups is 1. The third kappa shape index (κ3) is 7.06. The van der Waals surface area contributed by atoms with Crippen LogP contribution in [0.5, 0.6) is 0 Å². The van der Waals surface area contributed by atoms with Gasteiger partial charge in [-0.25, -0.2) is 18.0 Å². The normalized spacial score (nSPS) is 19.9. The number of hydrogen-bond acceptors (Lipinski definition) is 5. The van der Waals surface area contributed by atoms with Crippen molar-refractivity contribution >= 4 is 22.0 Å². The van der Waals surface area contributed by atoms with Crippen LogP contribution in [-0.2, 0) is 14.6 Å². The molecular formula is C14H27N3O5S. The number of rotatable bonds is 5. The number of ether oxygens (including phenoxy) is 1. The number of hydrogen-bond donors (Lipinski definition) is 2. The van der Waals surface area contributed by atoms with E-state index in [0.29, 0.717) is 13.0 Å². The largest absolute Gasteiger partial charge is 0.444 e. The topological polar surface area (TPSA) is 105 Å². The van der Waals surface area contributed by atoms with E-state index in [4.69, 9.17) is 4.74 Å². The van der Waals surface area contributed by atoms with E-state index in [1.54, 1.807) is 20.8 Å². The van der Waals surface area contributed by atoms with Gasteiger partial charge < -0.3 is 20.3 Å². The molecule has 9 heteroatoms. The highest BCUT2D eigenvalue weighted by Gasteiger charge is 2.33. The Morgan fingerprint density at radius 1 is 1.22 bits per heavy atom. The van der Waals surface area contributed by atoms with Crippen LogP contribution in [0.3, 0.4) is 0 Å². The van der Waals surface area contributed by atoms with Crippen LogP contribution in [0.2, 0.25) is 0 Å². The molecule has 2 N–H and O–H groups in total. The Balaban J connectivity index is 2.33. The maximum Gasteiger partial charge on any atom is 0.407 e. The first kappa shape index (κ1) is 19.5. The van der Waals surface area contributed by atoms with Crippen molar-refractivity contribution < 1.29 is 22.7 Å². The molecule has 23 heavy (non-hydrogen) atoms. The SMILES string of the molecule is CCN(C(=O)NCCNC(=O)OC(C)(C)C)C1CCS(=O)(=O)C1. The summed E-state index contributed by atoms with van der Waals surface area (Å²) >= 11 is 0. The van der Waals surface area contributed by atoms with Gasteiger partial charge in [-0.1, -0.05) is 0 Å². The smallest absolute Gasteiger partial charge is 0.407 e. The minimum absolute atomic E-state index is 0.0183. The van der Waals surface area contributed by atoms with Crippen molar-refractivity contribution in [1.82, 2.24) is 15.5 Å². The second-order valence-corrected chi connectivity index (χ2v) is 8.73. The van der Waals surface area contributed by atoms with E-state index >= 15 is 0 Å². The van der Waals surface area contributed by atoms with Crippen molar-refractivity contribution in [1.29, 1.82) is 0 Å². The lowest BCUT2D eigenvalue weighted by molar-refractivity contribution is 0.0528. The maximum atomic E-state index is 12.1. The summed E-state index contributed by atoms with van der Waals surface area (Å²) < 4.78 is 28.1. The Morgan fingerprint density at radius 2 is 1.83 bits per heavy atom. The van der Waals surface area contributed by atoms with Crippen molar-refractivity contribution in [2.45, 2.75) is 45.8 Å². The third-order valence-corrected chi connectivity index (χ3v) is 5.07. The van der Waals surface area contributed by atoms with Crippen LogP contribution in [-0.4, -0.2) is 68.2 Å². The van der Waals surface area contributed by atoms with Crippen LogP contribution in [0.15, 0.2) is 0 Å². The van der Waals surface area contributed by atoms with Crippen LogP contribution in [0.1, 0.15) is 34.1 Å². The highest BCUT2D eigenvalue weighted by Crippen LogP contribution is 2.17. The summed E-state index contributed by atoms with van der Waals surface area (Å²) in [4.78, 5) is 25.1. The fourth-order valence-electron chi connectivity index (χ4n) is 2.34. The molecule has 0 radical (unpaired) electrons. The molecule has 1 atom stereocenters. The van der Waals surface area contributed by atoms with Gasteiger partial charge in [0.2, 0.25) is 0 Å². The zero-order chi connectivity index (χ0) is 17.7. The van der Waals surface area contributed by atoms with E-state index in [1.807, 2.05) is 6.92 Å². The standard InChI is InChI=1S/C14H27N3O5S/c1-5-17(11-6-9-23(20,21)10-11)12(18)15-7-8-16-13(19)22-14(2,3)4/h11H,5-10H2,1-4H3,(H,15,18)(H,16,19). The molecule has 1 heterocycles. The minimum atomic E-state index is -3.03. The third-order valence-electron chi connectivity index (χ3n) is 3.32. The van der Waals surface area contributed by atoms with Gasteiger partial charge in [-0.15, -0.1) is 0 Å². The van der Waals surface area contributed by atoms with Gasteiger partial charge in [0.1, 0.15) is 5.60 Å². The molecule has 3 amide bonds. The van der Waals surface area contributed by atoms with E-state index in [2.05, 4.69) is 10.6 Å². The van der Waals surface area contributed by atoms with Gasteiger partial charge >= 0.3 is 12.1 Å². The second kappa shape index (κ2) is 7.85. The number of alkyl carbamates (subject to hydrolysis) is 1. The first-order valence-corrected chi connectivity index (χ1v) is 9.58. The van der Waals surface area contributed by atoms with Crippen molar-refractivity contribution in [3.63, 3.8) is 0 Å². The molecule has 0 aliphatic carbocycles. The molecule has 1 rings (SSSR count). The van der Waals surface area contributed by atoms with E-state index in [-0.39, 0.29) is 36.7 Å². The first-order chi connectivity index (χ1) is 10.5. The molecule has 1 saturated heterocycles. The van der Waals surface area contributed by atoms with Gasteiger partial charge in [0.15, 0.2) is 9.84 Å². The molecule has 0 aromatic heterocycles. The van der Waals surface area contributed by atoms with Gasteiger partial charge in [0, 0.05) is 25.7 Å². The lowest BCUT2D eigenvalue weighted by Gasteiger charge is -2.27. The van der Waals surface area contributed by atoms with E-state index in [0.717, 1.165) is 0 Å². The molecule has 0 bridgehead atoms. The minimum Gasteiger partial charge on any atom is -0.444 e. The zero-order valence-electron chi connectivity index (χ0n) is 14.2. The molecular weight excluding hydrogens is 322 g/mol. The molecule has 1 aliphatic heterocycles. The van der Waals surface area contributed by atoms with Crippen LogP contribution in [0.4, 0.5) is 9.59 Å². The number of carbonyl (C=O) groups is 2. The van der Waals surface area contributed by atoms with Gasteiger partial charge in [-0.3, -0.25) is 0 Å². The predicted molar refractivity (Wildman–Crippen MR) is 87.1 cm³/mol. The molecule has 1 unspecified atom stereocenters. The highest BCUT2D eigenvalue weighted by molar-refractivity contribution is 7.91. The Kier molecular flexibility index (Phi) is 6.67. The molecule has 134 valence electrons. The van der Waals surface area contributed by atoms with Gasteiger partial charge in [0.25, 0.3) is 0 Å². The molecule has 1 aliphatic rings. The number of amides is 3. The summed E-state index contributed by atoms with van der Waals surface area (Å²) in [6, 6.07) is -0.593. The van der Waals surface area contributed by atoms with E-state index < -0.39 is 21.5 Å². The summed E-state index contributed by atoms with van der Waals surface area (Å²) in [5.74, 6) is 0.145. The Bertz CT molecular complexity index is 527. The summed E-state index contributed by atoms with van der Waals surface area (Å²) in [7, 11) is -3.03. The molecule has 0 spiro atoms. The average Bonchev–Trinajstić information content (AvgIpc) is 2.74. The van der Waals surface area contributed by atoms with Crippen molar-refractivity contribution in [3.05, 3.63) is 0 Å². The number of carbonyl (C=O) groups excluding carboxylic acids is 2. The summed E-state index contributed by atoms with van der Waals surface area (Å²) in [5, 5.41) is 5.22. The molecule has 8 nitrogen and oxygen atoms in total. The predicted octanol–water partition coefficient (Wildman–Crippen LogP) is 0.730. The lowest BCUT2D eigenvalue weighted by Crippen LogP contribution is -2.48. The highest BCUT2D eigenvalue weighted by atomic mass is 32.2. The number of sulfone groups is 1. The van der Waals surface area contributed by atoms with Crippen molar-refractivity contribution in [3.8, 4) is 0 Å². The average molecular weight is 349 g/mol. The maximum absolute atomic E-state index is 12.1. The van der Waals surface area contributed by atoms with Crippen LogP contribution in [0.25, 0.3) is 0 Å². The van der Waals surface area contributed by atoms with Crippen LogP contribution >= 0.6 is 0 Å². The monoisotopic (exact) mass is 349 g/mol. The number of nitrogens with one attached hydrogen (secondary N) is 2. The van der Waals surface area contributed by atoms with E-state index in [1.165, 1.54) is 4.90 Å². The molecule has 0 aromatic rings. The molecule has 0 saturated carbocycles. The van der Waals surface area contributed by atoms with E-state index in [9.17, 15) is 18.0 Å². The fraction of sp³-hybridized carbons (Fsp3) is 0.857. The fourth-order valence-corrected chi connectivity index (χ4v) is 4.07. The second-order valence-electron chi connectivity index (χ2n) is 6.50. The summed E-state index contributed by atoms with van der Waals surface area (Å²) in [6.07, 6.45) is -0.0688. The van der Waals surface area contributed by atoms with Gasteiger partial charge in [-0.05, 0) is 34.1 Å². The quantitative estimate of drug-likeness (QED) is 0.712. The zero-order valence-corrected chi connectivity index (χ0v) is 15.0. The Morgan fingerprint density at radius 3 is 2.30 bits per heavy atom. The van der Waals surface area contributed by atoms with Crippen molar-refractivity contribution in [2.24, 2.45) is 0 Å². The summed E-state index contributed by atoms with van der Waals surface area (Å²) in [5.41, 5.74) is -0.569.